The molecule has 0 saturated carbocycles. The van der Waals surface area contributed by atoms with Gasteiger partial charge < -0.3 is 20.9 Å². The van der Waals surface area contributed by atoms with E-state index in [9.17, 15) is 19.5 Å². The van der Waals surface area contributed by atoms with Crippen LogP contribution in [0.5, 0.6) is 0 Å². The maximum Gasteiger partial charge on any atom is 0.326 e. The number of hydrogen-bond acceptors (Lipinski definition) is 5. The lowest BCUT2D eigenvalue weighted by Gasteiger charge is -2.15. The zero-order valence-electron chi connectivity index (χ0n) is 33.5. The van der Waals surface area contributed by atoms with Crippen molar-refractivity contribution in [2.75, 3.05) is 6.54 Å². The van der Waals surface area contributed by atoms with E-state index in [1.165, 1.54) is 116 Å². The van der Waals surface area contributed by atoms with Gasteiger partial charge in [0.25, 0.3) is 0 Å². The average molecular weight is 719 g/mol. The van der Waals surface area contributed by atoms with Gasteiger partial charge in [0.2, 0.25) is 5.91 Å². The monoisotopic (exact) mass is 719 g/mol. The number of unbranched alkanes of at least 4 members (excludes halogenated alkanes) is 23. The summed E-state index contributed by atoms with van der Waals surface area (Å²) in [6.07, 6.45) is 43.8. The van der Waals surface area contributed by atoms with Crippen molar-refractivity contribution in [3.8, 4) is 0 Å². The van der Waals surface area contributed by atoms with Crippen LogP contribution in [-0.4, -0.2) is 41.6 Å². The highest BCUT2D eigenvalue weighted by Gasteiger charge is 2.18. The van der Waals surface area contributed by atoms with Crippen molar-refractivity contribution in [1.82, 2.24) is 5.32 Å². The van der Waals surface area contributed by atoms with Crippen LogP contribution >= 0.6 is 0 Å². The van der Waals surface area contributed by atoms with Crippen molar-refractivity contribution in [2.45, 2.75) is 231 Å². The zero-order chi connectivity index (χ0) is 37.5. The second-order valence-corrected chi connectivity index (χ2v) is 14.7. The van der Waals surface area contributed by atoms with Crippen LogP contribution in [0.1, 0.15) is 219 Å². The summed E-state index contributed by atoms with van der Waals surface area (Å²) in [6.45, 7) is 4.93. The Hall–Kier alpha value is -2.15. The molecule has 0 aliphatic carbocycles. The third-order valence-corrected chi connectivity index (χ3v) is 9.72. The number of carboxylic acid groups (broad SMARTS) is 1. The molecule has 0 fully saturated rings. The highest BCUT2D eigenvalue weighted by Crippen LogP contribution is 2.16. The third kappa shape index (κ3) is 36.0. The molecule has 0 aromatic carbocycles. The van der Waals surface area contributed by atoms with Gasteiger partial charge in [0.1, 0.15) is 12.1 Å². The second kappa shape index (κ2) is 39.1. The Kier molecular flexibility index (Phi) is 37.4. The summed E-state index contributed by atoms with van der Waals surface area (Å²) < 4.78 is 5.96. The lowest BCUT2D eigenvalue weighted by Crippen LogP contribution is -2.40. The van der Waals surface area contributed by atoms with Crippen LogP contribution in [0.2, 0.25) is 0 Å². The molecule has 7 nitrogen and oxygen atoms in total. The van der Waals surface area contributed by atoms with Crippen LogP contribution in [0.4, 0.5) is 0 Å². The largest absolute Gasteiger partial charge is 0.480 e. The van der Waals surface area contributed by atoms with E-state index in [1.54, 1.807) is 0 Å². The molecule has 51 heavy (non-hydrogen) atoms. The quantitative estimate of drug-likeness (QED) is 0.0331. The summed E-state index contributed by atoms with van der Waals surface area (Å²) in [5.74, 6) is -1.27. The molecule has 0 spiro atoms. The Morgan fingerprint density at radius 3 is 1.53 bits per heavy atom. The summed E-state index contributed by atoms with van der Waals surface area (Å²) >= 11 is 0. The summed E-state index contributed by atoms with van der Waals surface area (Å²) in [7, 11) is 0. The molecule has 0 aromatic heterocycles. The van der Waals surface area contributed by atoms with Crippen molar-refractivity contribution in [1.29, 1.82) is 0 Å². The fourth-order valence-electron chi connectivity index (χ4n) is 6.41. The van der Waals surface area contributed by atoms with E-state index in [2.05, 4.69) is 43.5 Å². The molecule has 2 atom stereocenters. The number of amides is 1. The lowest BCUT2D eigenvalue weighted by molar-refractivity contribution is -0.147. The van der Waals surface area contributed by atoms with Gasteiger partial charge in [0.05, 0.1) is 0 Å². The Morgan fingerprint density at radius 1 is 0.569 bits per heavy atom. The van der Waals surface area contributed by atoms with E-state index >= 15 is 0 Å². The number of ether oxygens (including phenoxy) is 1. The Bertz CT molecular complexity index is 858. The second-order valence-electron chi connectivity index (χ2n) is 14.7. The van der Waals surface area contributed by atoms with E-state index in [0.29, 0.717) is 32.2 Å². The molecule has 0 heterocycles. The molecule has 7 heteroatoms. The molecule has 0 bridgehead atoms. The van der Waals surface area contributed by atoms with Crippen LogP contribution in [0, 0.1) is 0 Å². The molecule has 298 valence electrons. The van der Waals surface area contributed by atoms with Crippen molar-refractivity contribution in [3.05, 3.63) is 24.3 Å². The van der Waals surface area contributed by atoms with Gasteiger partial charge in [-0.3, -0.25) is 9.59 Å². The summed E-state index contributed by atoms with van der Waals surface area (Å²) in [5, 5.41) is 11.9. The number of carbonyl (C=O) groups is 3. The van der Waals surface area contributed by atoms with E-state index < -0.39 is 12.0 Å². The first-order chi connectivity index (χ1) is 24.9. The molecule has 0 aliphatic rings. The first kappa shape index (κ1) is 48.9. The van der Waals surface area contributed by atoms with Crippen LogP contribution in [-0.2, 0) is 19.1 Å². The SMILES string of the molecule is CCCCCCCC/C=C\CCCCCCCC(=O)OC(/C=C\CCCCCCCCC)CCCCCCCCC(=O)NC(CCCN)C(=O)O. The summed E-state index contributed by atoms with van der Waals surface area (Å²) in [6, 6.07) is -0.852. The topological polar surface area (TPSA) is 119 Å². The van der Waals surface area contributed by atoms with Gasteiger partial charge in [-0.15, -0.1) is 0 Å². The van der Waals surface area contributed by atoms with Crippen molar-refractivity contribution in [2.24, 2.45) is 5.73 Å². The molecule has 0 aromatic rings. The number of hydrogen-bond donors (Lipinski definition) is 3. The molecule has 4 N–H and O–H groups in total. The standard InChI is InChI=1S/C44H82N2O5/c1-3-5-7-9-11-13-14-15-16-17-18-20-22-28-32-38-43(48)51-40(34-29-25-21-19-12-10-8-6-4-2)35-30-26-23-24-27-31-37-42(47)46-41(44(49)50)36-33-39-45/h15-16,29,34,40-41H,3-14,17-28,30-33,35-39,45H2,1-2H3,(H,46,47)(H,49,50)/b16-15-,34-29-. The number of rotatable bonds is 39. The minimum atomic E-state index is -1.00. The molecule has 2 unspecified atom stereocenters. The molecule has 0 saturated heterocycles. The van der Waals surface area contributed by atoms with Gasteiger partial charge in [-0.05, 0) is 89.7 Å². The molecule has 0 rings (SSSR count). The molecule has 0 radical (unpaired) electrons. The Labute approximate surface area is 314 Å². The summed E-state index contributed by atoms with van der Waals surface area (Å²) in [5.41, 5.74) is 5.47. The first-order valence-electron chi connectivity index (χ1n) is 21.7. The van der Waals surface area contributed by atoms with E-state index in [4.69, 9.17) is 10.5 Å². The number of aliphatic carboxylic acids is 1. The van der Waals surface area contributed by atoms with E-state index in [0.717, 1.165) is 64.2 Å². The Balaban J connectivity index is 4.28. The number of nitrogens with one attached hydrogen (secondary N) is 1. The maximum absolute atomic E-state index is 12.7. The molecule has 0 aliphatic heterocycles. The first-order valence-corrected chi connectivity index (χ1v) is 21.7. The van der Waals surface area contributed by atoms with E-state index in [1.807, 2.05) is 0 Å². The van der Waals surface area contributed by atoms with Gasteiger partial charge in [-0.1, -0.05) is 148 Å². The van der Waals surface area contributed by atoms with Gasteiger partial charge in [-0.25, -0.2) is 4.79 Å². The van der Waals surface area contributed by atoms with E-state index in [-0.39, 0.29) is 18.0 Å². The number of esters is 1. The van der Waals surface area contributed by atoms with Crippen molar-refractivity contribution >= 4 is 17.8 Å². The normalized spacial score (nSPS) is 12.8. The molecular formula is C44H82N2O5. The van der Waals surface area contributed by atoms with Gasteiger partial charge in [0, 0.05) is 12.8 Å². The van der Waals surface area contributed by atoms with Crippen LogP contribution in [0.3, 0.4) is 0 Å². The number of carboxylic acids is 1. The van der Waals surface area contributed by atoms with Crippen molar-refractivity contribution in [3.63, 3.8) is 0 Å². The van der Waals surface area contributed by atoms with Crippen LogP contribution in [0.25, 0.3) is 0 Å². The smallest absolute Gasteiger partial charge is 0.326 e. The fourth-order valence-corrected chi connectivity index (χ4v) is 6.41. The summed E-state index contributed by atoms with van der Waals surface area (Å²) in [4.78, 5) is 36.2. The van der Waals surface area contributed by atoms with Crippen LogP contribution < -0.4 is 11.1 Å². The Morgan fingerprint density at radius 2 is 1.02 bits per heavy atom. The third-order valence-electron chi connectivity index (χ3n) is 9.72. The van der Waals surface area contributed by atoms with Crippen molar-refractivity contribution < 1.29 is 24.2 Å². The van der Waals surface area contributed by atoms with Gasteiger partial charge in [-0.2, -0.15) is 0 Å². The van der Waals surface area contributed by atoms with Crippen LogP contribution in [0.15, 0.2) is 24.3 Å². The van der Waals surface area contributed by atoms with Gasteiger partial charge >= 0.3 is 11.9 Å². The average Bonchev–Trinajstić information content (AvgIpc) is 3.11. The zero-order valence-corrected chi connectivity index (χ0v) is 33.5. The highest BCUT2D eigenvalue weighted by molar-refractivity contribution is 5.83. The fraction of sp³-hybridized carbons (Fsp3) is 0.841. The lowest BCUT2D eigenvalue weighted by atomic mass is 10.0. The number of allylic oxidation sites excluding steroid dienone is 3. The van der Waals surface area contributed by atoms with Gasteiger partial charge in [0.15, 0.2) is 0 Å². The predicted molar refractivity (Wildman–Crippen MR) is 216 cm³/mol. The highest BCUT2D eigenvalue weighted by atomic mass is 16.5. The number of carbonyl (C=O) groups excluding carboxylic acids is 2. The molecular weight excluding hydrogens is 636 g/mol. The maximum atomic E-state index is 12.7. The predicted octanol–water partition coefficient (Wildman–Crippen LogP) is 12.1. The molecule has 1 amide bonds. The number of nitrogens with two attached hydrogens (primary N) is 1. The minimum absolute atomic E-state index is 0.0651. The minimum Gasteiger partial charge on any atom is -0.480 e.